The molecular formula is C16H19N3O2S. The van der Waals surface area contributed by atoms with Crippen molar-refractivity contribution in [2.75, 3.05) is 11.9 Å². The summed E-state index contributed by atoms with van der Waals surface area (Å²) in [6.45, 7) is 5.56. The van der Waals surface area contributed by atoms with E-state index >= 15 is 0 Å². The maximum Gasteiger partial charge on any atom is 0.268 e. The van der Waals surface area contributed by atoms with Crippen LogP contribution in [-0.2, 0) is 24.2 Å². The summed E-state index contributed by atoms with van der Waals surface area (Å²) in [5.74, 6) is 0.803. The van der Waals surface area contributed by atoms with Crippen molar-refractivity contribution in [1.82, 2.24) is 9.97 Å². The Kier molecular flexibility index (Phi) is 4.49. The van der Waals surface area contributed by atoms with E-state index in [2.05, 4.69) is 29.1 Å². The third-order valence-corrected chi connectivity index (χ3v) is 4.52. The van der Waals surface area contributed by atoms with Crippen LogP contribution in [0.3, 0.4) is 0 Å². The molecule has 6 heteroatoms. The third-order valence-electron chi connectivity index (χ3n) is 3.42. The van der Waals surface area contributed by atoms with Crippen LogP contribution < -0.4 is 5.32 Å². The second-order valence-corrected chi connectivity index (χ2v) is 6.95. The lowest BCUT2D eigenvalue weighted by Crippen LogP contribution is -2.17. The Morgan fingerprint density at radius 1 is 1.45 bits per heavy atom. The third kappa shape index (κ3) is 3.51. The van der Waals surface area contributed by atoms with Gasteiger partial charge in [0, 0.05) is 23.1 Å². The van der Waals surface area contributed by atoms with Crippen molar-refractivity contribution < 1.29 is 9.53 Å². The molecule has 1 amide bonds. The van der Waals surface area contributed by atoms with Crippen LogP contribution in [0, 0.1) is 5.92 Å². The molecule has 116 valence electrons. The second kappa shape index (κ2) is 6.54. The fourth-order valence-electron chi connectivity index (χ4n) is 2.37. The van der Waals surface area contributed by atoms with E-state index < -0.39 is 0 Å². The largest absolute Gasteiger partial charge is 0.376 e. The van der Waals surface area contributed by atoms with Crippen molar-refractivity contribution in [3.63, 3.8) is 0 Å². The standard InChI is InChI=1S/C16H19N3O2S/c1-10(2)7-12-3-4-14(22-12)15(20)19-16-17-8-11-9-21-6-5-13(11)18-16/h3-4,8,10H,5-7,9H2,1-2H3,(H,17,18,19,20). The van der Waals surface area contributed by atoms with Gasteiger partial charge in [0.05, 0.1) is 23.8 Å². The quantitative estimate of drug-likeness (QED) is 0.941. The van der Waals surface area contributed by atoms with Crippen LogP contribution in [-0.4, -0.2) is 22.5 Å². The number of hydrogen-bond acceptors (Lipinski definition) is 5. The summed E-state index contributed by atoms with van der Waals surface area (Å²) in [4.78, 5) is 22.8. The predicted molar refractivity (Wildman–Crippen MR) is 86.2 cm³/mol. The van der Waals surface area contributed by atoms with Gasteiger partial charge >= 0.3 is 0 Å². The normalized spacial score (nSPS) is 14.0. The monoisotopic (exact) mass is 317 g/mol. The Labute approximate surface area is 133 Å². The molecule has 3 rings (SSSR count). The zero-order valence-electron chi connectivity index (χ0n) is 12.8. The van der Waals surface area contributed by atoms with Crippen LogP contribution >= 0.6 is 11.3 Å². The number of fused-ring (bicyclic) bond motifs is 1. The van der Waals surface area contributed by atoms with Gasteiger partial charge in [0.25, 0.3) is 5.91 Å². The molecule has 0 radical (unpaired) electrons. The summed E-state index contributed by atoms with van der Waals surface area (Å²) in [6, 6.07) is 3.88. The van der Waals surface area contributed by atoms with Gasteiger partial charge in [0.1, 0.15) is 0 Å². The molecule has 0 aromatic carbocycles. The zero-order chi connectivity index (χ0) is 15.5. The van der Waals surface area contributed by atoms with E-state index in [1.54, 1.807) is 6.20 Å². The summed E-state index contributed by atoms with van der Waals surface area (Å²) in [7, 11) is 0. The van der Waals surface area contributed by atoms with Crippen LogP contribution in [0.25, 0.3) is 0 Å². The van der Waals surface area contributed by atoms with E-state index in [4.69, 9.17) is 4.74 Å². The number of carbonyl (C=O) groups excluding carboxylic acids is 1. The van der Waals surface area contributed by atoms with Crippen molar-refractivity contribution >= 4 is 23.2 Å². The lowest BCUT2D eigenvalue weighted by Gasteiger charge is -2.15. The van der Waals surface area contributed by atoms with E-state index in [0.29, 0.717) is 30.0 Å². The predicted octanol–water partition coefficient (Wildman–Crippen LogP) is 3.06. The molecule has 1 aliphatic rings. The van der Waals surface area contributed by atoms with Gasteiger partial charge in [-0.2, -0.15) is 0 Å². The van der Waals surface area contributed by atoms with Gasteiger partial charge in [0.2, 0.25) is 5.95 Å². The molecule has 1 N–H and O–H groups in total. The van der Waals surface area contributed by atoms with E-state index in [-0.39, 0.29) is 5.91 Å². The lowest BCUT2D eigenvalue weighted by atomic mass is 10.1. The highest BCUT2D eigenvalue weighted by Crippen LogP contribution is 2.21. The van der Waals surface area contributed by atoms with E-state index in [0.717, 1.165) is 24.1 Å². The molecule has 22 heavy (non-hydrogen) atoms. The first-order valence-corrected chi connectivity index (χ1v) is 8.26. The van der Waals surface area contributed by atoms with Crippen molar-refractivity contribution in [1.29, 1.82) is 0 Å². The summed E-state index contributed by atoms with van der Waals surface area (Å²) < 4.78 is 5.35. The molecule has 5 nitrogen and oxygen atoms in total. The van der Waals surface area contributed by atoms with Crippen molar-refractivity contribution in [3.05, 3.63) is 39.3 Å². The average Bonchev–Trinajstić information content (AvgIpc) is 2.95. The average molecular weight is 317 g/mol. The molecule has 0 bridgehead atoms. The highest BCUT2D eigenvalue weighted by molar-refractivity contribution is 7.14. The maximum absolute atomic E-state index is 12.3. The molecule has 0 aliphatic carbocycles. The molecule has 2 aromatic heterocycles. The number of amides is 1. The number of thiophene rings is 1. The van der Waals surface area contributed by atoms with Gasteiger partial charge in [-0.25, -0.2) is 9.97 Å². The van der Waals surface area contributed by atoms with Gasteiger partial charge in [-0.05, 0) is 24.5 Å². The van der Waals surface area contributed by atoms with E-state index in [1.807, 2.05) is 12.1 Å². The molecule has 0 saturated carbocycles. The van der Waals surface area contributed by atoms with Crippen molar-refractivity contribution in [3.8, 4) is 0 Å². The fraction of sp³-hybridized carbons (Fsp3) is 0.438. The number of carbonyl (C=O) groups is 1. The number of rotatable bonds is 4. The molecule has 2 aromatic rings. The van der Waals surface area contributed by atoms with Gasteiger partial charge in [-0.15, -0.1) is 11.3 Å². The fourth-order valence-corrected chi connectivity index (χ4v) is 3.48. The molecule has 0 unspecified atom stereocenters. The number of nitrogens with one attached hydrogen (secondary N) is 1. The molecule has 0 saturated heterocycles. The Morgan fingerprint density at radius 2 is 2.32 bits per heavy atom. The van der Waals surface area contributed by atoms with Gasteiger partial charge in [0.15, 0.2) is 0 Å². The Morgan fingerprint density at radius 3 is 3.14 bits per heavy atom. The van der Waals surface area contributed by atoms with E-state index in [1.165, 1.54) is 16.2 Å². The van der Waals surface area contributed by atoms with Gasteiger partial charge in [-0.1, -0.05) is 13.8 Å². The first kappa shape index (κ1) is 15.1. The molecule has 0 spiro atoms. The van der Waals surface area contributed by atoms with Crippen molar-refractivity contribution in [2.45, 2.75) is 33.3 Å². The van der Waals surface area contributed by atoms with Crippen LogP contribution in [0.15, 0.2) is 18.3 Å². The number of ether oxygens (including phenoxy) is 1. The minimum atomic E-state index is -0.146. The Bertz CT molecular complexity index is 682. The topological polar surface area (TPSA) is 64.1 Å². The number of aromatic nitrogens is 2. The Balaban J connectivity index is 1.70. The minimum Gasteiger partial charge on any atom is -0.376 e. The van der Waals surface area contributed by atoms with Crippen LogP contribution in [0.4, 0.5) is 5.95 Å². The smallest absolute Gasteiger partial charge is 0.268 e. The summed E-state index contributed by atoms with van der Waals surface area (Å²) in [6.07, 6.45) is 3.49. The first-order valence-electron chi connectivity index (χ1n) is 7.44. The molecule has 0 atom stereocenters. The molecule has 0 fully saturated rings. The number of hydrogen-bond donors (Lipinski definition) is 1. The summed E-state index contributed by atoms with van der Waals surface area (Å²) in [5.41, 5.74) is 1.96. The first-order chi connectivity index (χ1) is 10.6. The zero-order valence-corrected chi connectivity index (χ0v) is 13.6. The number of anilines is 1. The summed E-state index contributed by atoms with van der Waals surface area (Å²) >= 11 is 1.53. The minimum absolute atomic E-state index is 0.146. The highest BCUT2D eigenvalue weighted by atomic mass is 32.1. The second-order valence-electron chi connectivity index (χ2n) is 5.79. The van der Waals surface area contributed by atoms with Gasteiger partial charge < -0.3 is 4.74 Å². The van der Waals surface area contributed by atoms with Crippen LogP contribution in [0.5, 0.6) is 0 Å². The van der Waals surface area contributed by atoms with Gasteiger partial charge in [-0.3, -0.25) is 10.1 Å². The van der Waals surface area contributed by atoms with Crippen LogP contribution in [0.1, 0.15) is 39.7 Å². The maximum atomic E-state index is 12.3. The van der Waals surface area contributed by atoms with Crippen molar-refractivity contribution in [2.24, 2.45) is 5.92 Å². The van der Waals surface area contributed by atoms with Crippen LogP contribution in [0.2, 0.25) is 0 Å². The molecule has 3 heterocycles. The Hall–Kier alpha value is -1.79. The number of nitrogens with zero attached hydrogens (tertiary/aromatic N) is 2. The SMILES string of the molecule is CC(C)Cc1ccc(C(=O)Nc2ncc3c(n2)CCOC3)s1. The molecular weight excluding hydrogens is 298 g/mol. The molecule has 1 aliphatic heterocycles. The highest BCUT2D eigenvalue weighted by Gasteiger charge is 2.15. The summed E-state index contributed by atoms with van der Waals surface area (Å²) in [5, 5.41) is 2.78. The van der Waals surface area contributed by atoms with E-state index in [9.17, 15) is 4.79 Å². The lowest BCUT2D eigenvalue weighted by molar-refractivity contribution is 0.102.